The third-order valence-corrected chi connectivity index (χ3v) is 3.23. The number of amides is 2. The molecule has 2 aromatic carbocycles. The van der Waals surface area contributed by atoms with Crippen molar-refractivity contribution >= 4 is 23.2 Å². The van der Waals surface area contributed by atoms with Crippen molar-refractivity contribution in [1.82, 2.24) is 5.43 Å². The van der Waals surface area contributed by atoms with Gasteiger partial charge < -0.3 is 5.73 Å². The summed E-state index contributed by atoms with van der Waals surface area (Å²) in [6, 6.07) is 11.7. The molecule has 0 aromatic heterocycles. The molecular formula is C16H14N4O4. The Labute approximate surface area is 137 Å². The average Bonchev–Trinajstić information content (AvgIpc) is 2.59. The molecule has 2 amide bonds. The topological polar surface area (TPSA) is 128 Å². The molecule has 0 aliphatic heterocycles. The van der Waals surface area contributed by atoms with Gasteiger partial charge in [-0.2, -0.15) is 5.10 Å². The average molecular weight is 326 g/mol. The molecule has 0 saturated heterocycles. The summed E-state index contributed by atoms with van der Waals surface area (Å²) in [6.45, 7) is 1.62. The lowest BCUT2D eigenvalue weighted by molar-refractivity contribution is -0.384. The smallest absolute Gasteiger partial charge is 0.271 e. The van der Waals surface area contributed by atoms with Crippen LogP contribution in [0.3, 0.4) is 0 Å². The van der Waals surface area contributed by atoms with Crippen molar-refractivity contribution < 1.29 is 14.5 Å². The van der Waals surface area contributed by atoms with Gasteiger partial charge in [-0.15, -0.1) is 0 Å². The van der Waals surface area contributed by atoms with Gasteiger partial charge in [0.1, 0.15) is 0 Å². The number of nitrogens with two attached hydrogens (primary N) is 1. The molecule has 24 heavy (non-hydrogen) atoms. The van der Waals surface area contributed by atoms with Crippen molar-refractivity contribution in [2.75, 3.05) is 0 Å². The van der Waals surface area contributed by atoms with Crippen LogP contribution in [0.15, 0.2) is 53.6 Å². The summed E-state index contributed by atoms with van der Waals surface area (Å²) in [5.41, 5.74) is 8.96. The summed E-state index contributed by atoms with van der Waals surface area (Å²) in [5, 5.41) is 14.7. The number of carbonyl (C=O) groups is 2. The van der Waals surface area contributed by atoms with E-state index in [1.54, 1.807) is 13.0 Å². The number of rotatable bonds is 5. The normalized spacial score (nSPS) is 11.0. The Kier molecular flexibility index (Phi) is 5.00. The Hall–Kier alpha value is -3.55. The number of benzene rings is 2. The summed E-state index contributed by atoms with van der Waals surface area (Å²) >= 11 is 0. The number of hydrogen-bond acceptors (Lipinski definition) is 5. The number of hydrazone groups is 1. The first-order valence-corrected chi connectivity index (χ1v) is 6.88. The molecule has 0 aliphatic carbocycles. The van der Waals surface area contributed by atoms with Gasteiger partial charge in [0, 0.05) is 28.8 Å². The third-order valence-electron chi connectivity index (χ3n) is 3.23. The van der Waals surface area contributed by atoms with Crippen molar-refractivity contribution in [2.45, 2.75) is 6.92 Å². The maximum atomic E-state index is 12.0. The second-order valence-corrected chi connectivity index (χ2v) is 4.89. The molecule has 0 unspecified atom stereocenters. The number of hydrogen-bond donors (Lipinski definition) is 2. The highest BCUT2D eigenvalue weighted by Crippen LogP contribution is 2.13. The SMILES string of the molecule is C/C(=N/NC(=O)c1ccc(C(N)=O)cc1)c1cccc([N+](=O)[O-])c1. The van der Waals surface area contributed by atoms with Crippen LogP contribution in [0.2, 0.25) is 0 Å². The van der Waals surface area contributed by atoms with Crippen LogP contribution in [-0.2, 0) is 0 Å². The molecule has 122 valence electrons. The first-order chi connectivity index (χ1) is 11.4. The van der Waals surface area contributed by atoms with Crippen molar-refractivity contribution in [3.8, 4) is 0 Å². The van der Waals surface area contributed by atoms with Crippen LogP contribution in [0.4, 0.5) is 5.69 Å². The standard InChI is InChI=1S/C16H14N4O4/c1-10(13-3-2-4-14(9-13)20(23)24)18-19-16(22)12-7-5-11(6-8-12)15(17)21/h2-9H,1H3,(H2,17,21)(H,19,22)/b18-10-. The molecule has 2 aromatic rings. The zero-order valence-corrected chi connectivity index (χ0v) is 12.7. The van der Waals surface area contributed by atoms with Crippen LogP contribution >= 0.6 is 0 Å². The molecule has 8 nitrogen and oxygen atoms in total. The molecule has 0 bridgehead atoms. The number of primary amides is 1. The van der Waals surface area contributed by atoms with Crippen LogP contribution in [0.25, 0.3) is 0 Å². The van der Waals surface area contributed by atoms with E-state index >= 15 is 0 Å². The molecular weight excluding hydrogens is 312 g/mol. The van der Waals surface area contributed by atoms with Crippen molar-refractivity contribution in [3.63, 3.8) is 0 Å². The molecule has 0 fully saturated rings. The Balaban J connectivity index is 2.11. The van der Waals surface area contributed by atoms with Crippen LogP contribution < -0.4 is 11.2 Å². The van der Waals surface area contributed by atoms with Gasteiger partial charge in [0.05, 0.1) is 10.6 Å². The first-order valence-electron chi connectivity index (χ1n) is 6.88. The Morgan fingerprint density at radius 1 is 1.08 bits per heavy atom. The van der Waals surface area contributed by atoms with Gasteiger partial charge in [0.15, 0.2) is 0 Å². The predicted octanol–water partition coefficient (Wildman–Crippen LogP) is 1.85. The fraction of sp³-hybridized carbons (Fsp3) is 0.0625. The Morgan fingerprint density at radius 2 is 1.71 bits per heavy atom. The van der Waals surface area contributed by atoms with E-state index in [0.29, 0.717) is 22.4 Å². The van der Waals surface area contributed by atoms with Gasteiger partial charge >= 0.3 is 0 Å². The predicted molar refractivity (Wildman–Crippen MR) is 87.7 cm³/mol. The highest BCUT2D eigenvalue weighted by atomic mass is 16.6. The second kappa shape index (κ2) is 7.14. The monoisotopic (exact) mass is 326 g/mol. The van der Waals surface area contributed by atoms with Crippen molar-refractivity contribution in [1.29, 1.82) is 0 Å². The molecule has 0 aliphatic rings. The van der Waals surface area contributed by atoms with Crippen molar-refractivity contribution in [3.05, 3.63) is 75.3 Å². The number of nitrogens with zero attached hydrogens (tertiary/aromatic N) is 2. The van der Waals surface area contributed by atoms with Crippen LogP contribution in [0.5, 0.6) is 0 Å². The Bertz CT molecular complexity index is 828. The van der Waals surface area contributed by atoms with Gasteiger partial charge in [0.25, 0.3) is 11.6 Å². The van der Waals surface area contributed by atoms with Crippen LogP contribution in [0, 0.1) is 10.1 Å². The second-order valence-electron chi connectivity index (χ2n) is 4.89. The number of nitro benzene ring substituents is 1. The highest BCUT2D eigenvalue weighted by Gasteiger charge is 2.09. The molecule has 0 radical (unpaired) electrons. The van der Waals surface area contributed by atoms with E-state index in [1.165, 1.54) is 42.5 Å². The molecule has 0 heterocycles. The van der Waals surface area contributed by atoms with Gasteiger partial charge in [-0.1, -0.05) is 12.1 Å². The van der Waals surface area contributed by atoms with Crippen molar-refractivity contribution in [2.24, 2.45) is 10.8 Å². The number of non-ortho nitro benzene ring substituents is 1. The van der Waals surface area contributed by atoms with E-state index < -0.39 is 16.7 Å². The maximum absolute atomic E-state index is 12.0. The third kappa shape index (κ3) is 4.01. The quantitative estimate of drug-likeness (QED) is 0.493. The molecule has 0 saturated carbocycles. The number of carbonyl (C=O) groups excluding carboxylic acids is 2. The van der Waals surface area contributed by atoms with Gasteiger partial charge in [-0.05, 0) is 31.2 Å². The zero-order valence-electron chi connectivity index (χ0n) is 12.7. The largest absolute Gasteiger partial charge is 0.366 e. The minimum atomic E-state index is -0.582. The Morgan fingerprint density at radius 3 is 2.29 bits per heavy atom. The molecule has 2 rings (SSSR count). The van der Waals surface area contributed by atoms with E-state index in [2.05, 4.69) is 10.5 Å². The van der Waals surface area contributed by atoms with Gasteiger partial charge in [0.2, 0.25) is 5.91 Å². The number of nitro groups is 1. The fourth-order valence-electron chi connectivity index (χ4n) is 1.89. The van der Waals surface area contributed by atoms with E-state index in [1.807, 2.05) is 0 Å². The summed E-state index contributed by atoms with van der Waals surface area (Å²) in [7, 11) is 0. The van der Waals surface area contributed by atoms with E-state index in [-0.39, 0.29) is 5.69 Å². The number of nitrogens with one attached hydrogen (secondary N) is 1. The lowest BCUT2D eigenvalue weighted by atomic mass is 10.1. The molecule has 0 atom stereocenters. The molecule has 8 heteroatoms. The van der Waals surface area contributed by atoms with E-state index in [9.17, 15) is 19.7 Å². The summed E-state index contributed by atoms with van der Waals surface area (Å²) in [5.74, 6) is -1.06. The highest BCUT2D eigenvalue weighted by molar-refractivity contribution is 6.01. The van der Waals surface area contributed by atoms with E-state index in [0.717, 1.165) is 0 Å². The summed E-state index contributed by atoms with van der Waals surface area (Å²) in [4.78, 5) is 33.2. The van der Waals surface area contributed by atoms with E-state index in [4.69, 9.17) is 5.73 Å². The summed E-state index contributed by atoms with van der Waals surface area (Å²) < 4.78 is 0. The van der Waals surface area contributed by atoms with Crippen LogP contribution in [0.1, 0.15) is 33.2 Å². The minimum Gasteiger partial charge on any atom is -0.366 e. The maximum Gasteiger partial charge on any atom is 0.271 e. The molecule has 3 N–H and O–H groups in total. The first kappa shape index (κ1) is 16.8. The van der Waals surface area contributed by atoms with Gasteiger partial charge in [-0.25, -0.2) is 5.43 Å². The van der Waals surface area contributed by atoms with Gasteiger partial charge in [-0.3, -0.25) is 19.7 Å². The van der Waals surface area contributed by atoms with Crippen LogP contribution in [-0.4, -0.2) is 22.4 Å². The summed E-state index contributed by atoms with van der Waals surface area (Å²) in [6.07, 6.45) is 0. The minimum absolute atomic E-state index is 0.0598. The lowest BCUT2D eigenvalue weighted by Gasteiger charge is -2.04. The molecule has 0 spiro atoms. The zero-order chi connectivity index (χ0) is 17.7. The lowest BCUT2D eigenvalue weighted by Crippen LogP contribution is -2.19. The fourth-order valence-corrected chi connectivity index (χ4v) is 1.89.